The van der Waals surface area contributed by atoms with E-state index in [0.717, 1.165) is 0 Å². The lowest BCUT2D eigenvalue weighted by molar-refractivity contribution is -0.146. The fourth-order valence-electron chi connectivity index (χ4n) is 1.23. The van der Waals surface area contributed by atoms with Gasteiger partial charge < -0.3 is 10.1 Å². The van der Waals surface area contributed by atoms with Crippen LogP contribution in [0.1, 0.15) is 13.8 Å². The van der Waals surface area contributed by atoms with Crippen LogP contribution in [0, 0.1) is 0 Å². The molecule has 1 aromatic rings. The second-order valence-corrected chi connectivity index (χ2v) is 2.98. The van der Waals surface area contributed by atoms with E-state index in [1.807, 2.05) is 6.92 Å². The summed E-state index contributed by atoms with van der Waals surface area (Å²) in [5, 5.41) is 6.98. The number of hydrogen-bond donors (Lipinski definition) is 1. The number of nitrogens with zero attached hydrogens (tertiary/aromatic N) is 3. The first-order valence-electron chi connectivity index (χ1n) is 5.00. The highest BCUT2D eigenvalue weighted by Gasteiger charge is 2.19. The summed E-state index contributed by atoms with van der Waals surface area (Å²) in [5.74, 6) is -0.255. The predicted molar refractivity (Wildman–Crippen MR) is 54.1 cm³/mol. The second-order valence-electron chi connectivity index (χ2n) is 2.98. The number of carbonyl (C=O) groups excluding carboxylic acids is 1. The third-order valence-electron chi connectivity index (χ3n) is 1.86. The minimum atomic E-state index is -0.364. The average Bonchev–Trinajstić information content (AvgIpc) is 2.70. The first-order chi connectivity index (χ1) is 7.27. The summed E-state index contributed by atoms with van der Waals surface area (Å²) in [6.45, 7) is 5.26. The average molecular weight is 212 g/mol. The van der Waals surface area contributed by atoms with Crippen LogP contribution in [0.15, 0.2) is 12.7 Å². The van der Waals surface area contributed by atoms with Crippen molar-refractivity contribution >= 4 is 5.97 Å². The Morgan fingerprint density at radius 3 is 2.93 bits per heavy atom. The quantitative estimate of drug-likeness (QED) is 0.662. The van der Waals surface area contributed by atoms with Gasteiger partial charge in [0.05, 0.1) is 13.2 Å². The standard InChI is InChI=1S/C9H16N4O2/c1-3-11-8(9(14)15-4-2)5-13-7-10-6-12-13/h6-8,11H,3-5H2,1-2H3. The van der Waals surface area contributed by atoms with E-state index in [4.69, 9.17) is 4.74 Å². The highest BCUT2D eigenvalue weighted by Crippen LogP contribution is 1.94. The molecule has 0 amide bonds. The molecule has 6 nitrogen and oxygen atoms in total. The lowest BCUT2D eigenvalue weighted by atomic mass is 10.3. The van der Waals surface area contributed by atoms with Gasteiger partial charge in [-0.2, -0.15) is 5.10 Å². The molecule has 0 radical (unpaired) electrons. The molecule has 0 aliphatic rings. The van der Waals surface area contributed by atoms with Gasteiger partial charge in [-0.05, 0) is 13.5 Å². The number of aromatic nitrogens is 3. The molecule has 1 N–H and O–H groups in total. The van der Waals surface area contributed by atoms with Crippen LogP contribution in [0.5, 0.6) is 0 Å². The fraction of sp³-hybridized carbons (Fsp3) is 0.667. The van der Waals surface area contributed by atoms with Crippen molar-refractivity contribution in [1.29, 1.82) is 0 Å². The number of rotatable bonds is 6. The number of carbonyl (C=O) groups is 1. The molecule has 0 aromatic carbocycles. The smallest absolute Gasteiger partial charge is 0.325 e. The summed E-state index contributed by atoms with van der Waals surface area (Å²) in [5.41, 5.74) is 0. The molecule has 15 heavy (non-hydrogen) atoms. The van der Waals surface area contributed by atoms with Crippen molar-refractivity contribution in [3.8, 4) is 0 Å². The molecular weight excluding hydrogens is 196 g/mol. The van der Waals surface area contributed by atoms with E-state index in [2.05, 4.69) is 15.4 Å². The van der Waals surface area contributed by atoms with Crippen LogP contribution in [-0.4, -0.2) is 39.9 Å². The van der Waals surface area contributed by atoms with Gasteiger partial charge in [0.15, 0.2) is 0 Å². The molecule has 1 heterocycles. The van der Waals surface area contributed by atoms with Gasteiger partial charge in [-0.15, -0.1) is 0 Å². The van der Waals surface area contributed by atoms with Gasteiger partial charge in [-0.3, -0.25) is 9.48 Å². The number of ether oxygens (including phenoxy) is 1. The molecule has 1 rings (SSSR count). The molecule has 0 bridgehead atoms. The Morgan fingerprint density at radius 1 is 1.60 bits per heavy atom. The van der Waals surface area contributed by atoms with Crippen molar-refractivity contribution < 1.29 is 9.53 Å². The summed E-state index contributed by atoms with van der Waals surface area (Å²) < 4.78 is 6.54. The Bertz CT molecular complexity index is 286. The van der Waals surface area contributed by atoms with E-state index in [-0.39, 0.29) is 12.0 Å². The lowest BCUT2D eigenvalue weighted by Gasteiger charge is -2.15. The van der Waals surface area contributed by atoms with E-state index in [9.17, 15) is 4.79 Å². The van der Waals surface area contributed by atoms with Crippen molar-refractivity contribution in [2.45, 2.75) is 26.4 Å². The van der Waals surface area contributed by atoms with Gasteiger partial charge in [-0.1, -0.05) is 6.92 Å². The van der Waals surface area contributed by atoms with Crippen LogP contribution in [0.3, 0.4) is 0 Å². The minimum absolute atomic E-state index is 0.255. The molecule has 1 aromatic heterocycles. The van der Waals surface area contributed by atoms with Crippen LogP contribution in [0.4, 0.5) is 0 Å². The zero-order valence-electron chi connectivity index (χ0n) is 9.01. The molecule has 0 aliphatic carbocycles. The molecule has 0 spiro atoms. The van der Waals surface area contributed by atoms with Crippen LogP contribution in [0.25, 0.3) is 0 Å². The van der Waals surface area contributed by atoms with Crippen molar-refractivity contribution in [3.05, 3.63) is 12.7 Å². The fourth-order valence-corrected chi connectivity index (χ4v) is 1.23. The van der Waals surface area contributed by atoms with Gasteiger partial charge in [0.25, 0.3) is 0 Å². The van der Waals surface area contributed by atoms with Crippen molar-refractivity contribution in [3.63, 3.8) is 0 Å². The van der Waals surface area contributed by atoms with Crippen molar-refractivity contribution in [2.24, 2.45) is 0 Å². The van der Waals surface area contributed by atoms with Gasteiger partial charge >= 0.3 is 5.97 Å². The molecule has 1 unspecified atom stereocenters. The van der Waals surface area contributed by atoms with Crippen LogP contribution in [-0.2, 0) is 16.1 Å². The van der Waals surface area contributed by atoms with Gasteiger partial charge in [0, 0.05) is 0 Å². The topological polar surface area (TPSA) is 69.0 Å². The van der Waals surface area contributed by atoms with E-state index in [1.54, 1.807) is 17.9 Å². The Labute approximate surface area is 88.6 Å². The Balaban J connectivity index is 2.53. The Kier molecular flexibility index (Phi) is 4.76. The third kappa shape index (κ3) is 3.67. The van der Waals surface area contributed by atoms with Gasteiger partial charge in [-0.25, -0.2) is 4.98 Å². The maximum absolute atomic E-state index is 11.5. The molecule has 0 fully saturated rings. The monoisotopic (exact) mass is 212 g/mol. The summed E-state index contributed by atoms with van der Waals surface area (Å²) in [7, 11) is 0. The summed E-state index contributed by atoms with van der Waals surface area (Å²) >= 11 is 0. The first-order valence-corrected chi connectivity index (χ1v) is 5.00. The van der Waals surface area contributed by atoms with Gasteiger partial charge in [0.1, 0.15) is 18.7 Å². The van der Waals surface area contributed by atoms with E-state index >= 15 is 0 Å². The van der Waals surface area contributed by atoms with Crippen molar-refractivity contribution in [1.82, 2.24) is 20.1 Å². The molecular formula is C9H16N4O2. The zero-order chi connectivity index (χ0) is 11.1. The van der Waals surface area contributed by atoms with Crippen LogP contribution < -0.4 is 5.32 Å². The largest absolute Gasteiger partial charge is 0.465 e. The number of likely N-dealkylation sites (N-methyl/N-ethyl adjacent to an activating group) is 1. The third-order valence-corrected chi connectivity index (χ3v) is 1.86. The van der Waals surface area contributed by atoms with Crippen LogP contribution in [0.2, 0.25) is 0 Å². The minimum Gasteiger partial charge on any atom is -0.465 e. The van der Waals surface area contributed by atoms with E-state index < -0.39 is 0 Å². The first kappa shape index (κ1) is 11.6. The Hall–Kier alpha value is -1.43. The molecule has 6 heteroatoms. The molecule has 84 valence electrons. The Morgan fingerprint density at radius 2 is 2.40 bits per heavy atom. The normalized spacial score (nSPS) is 12.4. The number of esters is 1. The number of nitrogens with one attached hydrogen (secondary N) is 1. The number of hydrogen-bond acceptors (Lipinski definition) is 5. The molecule has 0 aliphatic heterocycles. The zero-order valence-corrected chi connectivity index (χ0v) is 9.01. The predicted octanol–water partition coefficient (Wildman–Crippen LogP) is -0.181. The SMILES string of the molecule is CCNC(Cn1cncn1)C(=O)OCC. The highest BCUT2D eigenvalue weighted by molar-refractivity contribution is 5.75. The lowest BCUT2D eigenvalue weighted by Crippen LogP contribution is -2.41. The maximum Gasteiger partial charge on any atom is 0.325 e. The van der Waals surface area contributed by atoms with E-state index in [1.165, 1.54) is 6.33 Å². The van der Waals surface area contributed by atoms with Crippen LogP contribution >= 0.6 is 0 Å². The second kappa shape index (κ2) is 6.13. The maximum atomic E-state index is 11.5. The summed E-state index contributed by atoms with van der Waals surface area (Å²) in [6, 6.07) is -0.364. The summed E-state index contributed by atoms with van der Waals surface area (Å²) in [4.78, 5) is 15.3. The molecule has 0 saturated carbocycles. The highest BCUT2D eigenvalue weighted by atomic mass is 16.5. The molecule has 0 saturated heterocycles. The molecule has 1 atom stereocenters. The van der Waals surface area contributed by atoms with Gasteiger partial charge in [0.2, 0.25) is 0 Å². The summed E-state index contributed by atoms with van der Waals surface area (Å²) in [6.07, 6.45) is 3.01. The van der Waals surface area contributed by atoms with E-state index in [0.29, 0.717) is 19.7 Å². The van der Waals surface area contributed by atoms with Crippen molar-refractivity contribution in [2.75, 3.05) is 13.2 Å².